The molecule has 0 aliphatic heterocycles. The van der Waals surface area contributed by atoms with Crippen molar-refractivity contribution in [3.05, 3.63) is 59.7 Å². The molecule has 1 heteroatoms. The lowest BCUT2D eigenvalue weighted by Gasteiger charge is -2.35. The van der Waals surface area contributed by atoms with Crippen LogP contribution in [0.3, 0.4) is 0 Å². The van der Waals surface area contributed by atoms with E-state index in [4.69, 9.17) is 0 Å². The van der Waals surface area contributed by atoms with Crippen LogP contribution in [0.25, 0.3) is 11.1 Å². The summed E-state index contributed by atoms with van der Waals surface area (Å²) in [6.07, 6.45) is 6.59. The fraction of sp³-hybridized carbons (Fsp3) is 0.435. The van der Waals surface area contributed by atoms with Crippen molar-refractivity contribution in [1.29, 1.82) is 5.26 Å². The first-order valence-corrected chi connectivity index (χ1v) is 9.24. The second-order valence-electron chi connectivity index (χ2n) is 7.40. The third-order valence-electron chi connectivity index (χ3n) is 5.68. The minimum Gasteiger partial charge on any atom is -0.198 e. The van der Waals surface area contributed by atoms with E-state index in [-0.39, 0.29) is 5.41 Å². The zero-order chi connectivity index (χ0) is 17.0. The van der Waals surface area contributed by atoms with Crippen LogP contribution in [-0.4, -0.2) is 0 Å². The molecule has 0 aromatic heterocycles. The lowest BCUT2D eigenvalue weighted by atomic mass is 9.68. The normalized spacial score (nSPS) is 23.6. The van der Waals surface area contributed by atoms with Gasteiger partial charge in [-0.25, -0.2) is 0 Å². The zero-order valence-corrected chi connectivity index (χ0v) is 14.9. The fourth-order valence-electron chi connectivity index (χ4n) is 4.09. The van der Waals surface area contributed by atoms with Gasteiger partial charge >= 0.3 is 0 Å². The van der Waals surface area contributed by atoms with Gasteiger partial charge < -0.3 is 0 Å². The van der Waals surface area contributed by atoms with Gasteiger partial charge in [-0.05, 0) is 61.6 Å². The van der Waals surface area contributed by atoms with Gasteiger partial charge in [0.1, 0.15) is 0 Å². The van der Waals surface area contributed by atoms with Gasteiger partial charge in [0.15, 0.2) is 0 Å². The van der Waals surface area contributed by atoms with E-state index in [0.29, 0.717) is 5.92 Å². The number of hydrogen-bond donors (Lipinski definition) is 0. The van der Waals surface area contributed by atoms with Crippen LogP contribution in [0.4, 0.5) is 0 Å². The molecule has 0 unspecified atom stereocenters. The van der Waals surface area contributed by atoms with E-state index in [9.17, 15) is 5.26 Å². The molecule has 1 fully saturated rings. The van der Waals surface area contributed by atoms with E-state index < -0.39 is 0 Å². The molecule has 0 N–H and O–H groups in total. The van der Waals surface area contributed by atoms with Crippen molar-refractivity contribution in [2.75, 3.05) is 0 Å². The van der Waals surface area contributed by atoms with Crippen molar-refractivity contribution >= 4 is 0 Å². The predicted octanol–water partition coefficient (Wildman–Crippen LogP) is 6.63. The fourth-order valence-corrected chi connectivity index (χ4v) is 4.09. The molecule has 0 radical (unpaired) electrons. The Morgan fingerprint density at radius 2 is 1.50 bits per heavy atom. The van der Waals surface area contributed by atoms with Gasteiger partial charge in [0.25, 0.3) is 0 Å². The minimum absolute atomic E-state index is 0.0485. The molecule has 1 saturated carbocycles. The summed E-state index contributed by atoms with van der Waals surface area (Å²) in [5.41, 5.74) is 5.25. The quantitative estimate of drug-likeness (QED) is 0.621. The number of rotatable bonds is 4. The Morgan fingerprint density at radius 3 is 2.00 bits per heavy atom. The standard InChI is InChI=1S/C23H27N/c1-3-14-23(17-24)15-12-22(13-16-23)21-10-8-20(9-11-21)19-6-4-18(2)5-7-19/h4-11,22H,3,12-16H2,1-2H3. The van der Waals surface area contributed by atoms with E-state index in [2.05, 4.69) is 68.4 Å². The third kappa shape index (κ3) is 3.54. The predicted molar refractivity (Wildman–Crippen MR) is 101 cm³/mol. The Morgan fingerprint density at radius 1 is 0.958 bits per heavy atom. The molecule has 3 rings (SSSR count). The van der Waals surface area contributed by atoms with Gasteiger partial charge in [-0.2, -0.15) is 5.26 Å². The molecular formula is C23H27N. The summed E-state index contributed by atoms with van der Waals surface area (Å²) in [5, 5.41) is 9.56. The Labute approximate surface area is 146 Å². The highest BCUT2D eigenvalue weighted by Gasteiger charge is 2.34. The molecule has 0 atom stereocenters. The van der Waals surface area contributed by atoms with Gasteiger partial charge in [-0.15, -0.1) is 0 Å². The molecule has 0 heterocycles. The molecule has 124 valence electrons. The van der Waals surface area contributed by atoms with Crippen molar-refractivity contribution < 1.29 is 0 Å². The molecule has 0 spiro atoms. The van der Waals surface area contributed by atoms with Crippen LogP contribution < -0.4 is 0 Å². The van der Waals surface area contributed by atoms with Crippen LogP contribution >= 0.6 is 0 Å². The summed E-state index contributed by atoms with van der Waals surface area (Å²) in [4.78, 5) is 0. The van der Waals surface area contributed by atoms with Gasteiger partial charge in [-0.1, -0.05) is 67.4 Å². The van der Waals surface area contributed by atoms with Crippen molar-refractivity contribution in [1.82, 2.24) is 0 Å². The van der Waals surface area contributed by atoms with E-state index in [1.165, 1.54) is 22.3 Å². The summed E-state index contributed by atoms with van der Waals surface area (Å²) in [6.45, 7) is 4.31. The summed E-state index contributed by atoms with van der Waals surface area (Å²) in [5.74, 6) is 0.621. The van der Waals surface area contributed by atoms with E-state index in [1.807, 2.05) is 0 Å². The molecule has 1 aliphatic carbocycles. The lowest BCUT2D eigenvalue weighted by molar-refractivity contribution is 0.228. The molecule has 1 aliphatic rings. The average Bonchev–Trinajstić information content (AvgIpc) is 2.63. The first-order valence-electron chi connectivity index (χ1n) is 9.24. The molecule has 0 amide bonds. The van der Waals surface area contributed by atoms with E-state index in [0.717, 1.165) is 38.5 Å². The van der Waals surface area contributed by atoms with Crippen LogP contribution in [0.2, 0.25) is 0 Å². The maximum Gasteiger partial charge on any atom is 0.0689 e. The highest BCUT2D eigenvalue weighted by Crippen LogP contribution is 2.45. The van der Waals surface area contributed by atoms with Crippen LogP contribution in [0.15, 0.2) is 48.5 Å². The molecule has 0 saturated heterocycles. The Kier molecular flexibility index (Phi) is 5.05. The minimum atomic E-state index is -0.0485. The molecule has 0 bridgehead atoms. The number of nitriles is 1. The topological polar surface area (TPSA) is 23.8 Å². The number of benzene rings is 2. The molecule has 2 aromatic carbocycles. The van der Waals surface area contributed by atoms with Crippen molar-refractivity contribution in [3.63, 3.8) is 0 Å². The van der Waals surface area contributed by atoms with Crippen LogP contribution in [0, 0.1) is 23.7 Å². The molecule has 24 heavy (non-hydrogen) atoms. The molecule has 1 nitrogen and oxygen atoms in total. The zero-order valence-electron chi connectivity index (χ0n) is 14.9. The van der Waals surface area contributed by atoms with E-state index in [1.54, 1.807) is 0 Å². The largest absolute Gasteiger partial charge is 0.198 e. The van der Waals surface area contributed by atoms with Crippen LogP contribution in [0.1, 0.15) is 62.5 Å². The number of aryl methyl sites for hydroxylation is 1. The second-order valence-corrected chi connectivity index (χ2v) is 7.40. The SMILES string of the molecule is CCCC1(C#N)CCC(c2ccc(-c3ccc(C)cc3)cc2)CC1. The Bertz CT molecular complexity index is 695. The number of hydrogen-bond acceptors (Lipinski definition) is 1. The van der Waals surface area contributed by atoms with Gasteiger partial charge in [0.2, 0.25) is 0 Å². The van der Waals surface area contributed by atoms with Crippen molar-refractivity contribution in [2.45, 2.75) is 58.3 Å². The van der Waals surface area contributed by atoms with Crippen LogP contribution in [0.5, 0.6) is 0 Å². The van der Waals surface area contributed by atoms with E-state index >= 15 is 0 Å². The summed E-state index contributed by atoms with van der Waals surface area (Å²) in [6, 6.07) is 20.4. The second kappa shape index (κ2) is 7.22. The maximum absolute atomic E-state index is 9.56. The smallest absolute Gasteiger partial charge is 0.0689 e. The van der Waals surface area contributed by atoms with Crippen LogP contribution in [-0.2, 0) is 0 Å². The Balaban J connectivity index is 1.69. The first-order chi connectivity index (χ1) is 11.7. The van der Waals surface area contributed by atoms with Gasteiger partial charge in [0, 0.05) is 0 Å². The highest BCUT2D eigenvalue weighted by molar-refractivity contribution is 5.64. The summed E-state index contributed by atoms with van der Waals surface area (Å²) in [7, 11) is 0. The van der Waals surface area contributed by atoms with Crippen molar-refractivity contribution in [3.8, 4) is 17.2 Å². The summed E-state index contributed by atoms with van der Waals surface area (Å²) >= 11 is 0. The summed E-state index contributed by atoms with van der Waals surface area (Å²) < 4.78 is 0. The average molecular weight is 317 g/mol. The van der Waals surface area contributed by atoms with Crippen molar-refractivity contribution in [2.24, 2.45) is 5.41 Å². The Hall–Kier alpha value is -2.07. The lowest BCUT2D eigenvalue weighted by Crippen LogP contribution is -2.25. The molecule has 2 aromatic rings. The number of nitrogens with zero attached hydrogens (tertiary/aromatic N) is 1. The molecular weight excluding hydrogens is 290 g/mol. The third-order valence-corrected chi connectivity index (χ3v) is 5.68. The highest BCUT2D eigenvalue weighted by atomic mass is 14.4. The van der Waals surface area contributed by atoms with Gasteiger partial charge in [0.05, 0.1) is 11.5 Å². The first kappa shape index (κ1) is 16.8. The maximum atomic E-state index is 9.56. The van der Waals surface area contributed by atoms with Gasteiger partial charge in [-0.3, -0.25) is 0 Å². The monoisotopic (exact) mass is 317 g/mol.